The number of pyridine rings is 1. The molecule has 0 unspecified atom stereocenters. The molecule has 0 aromatic carbocycles. The minimum absolute atomic E-state index is 0.227. The number of amidine groups is 1. The maximum absolute atomic E-state index is 11.6. The van der Waals surface area contributed by atoms with E-state index < -0.39 is 0 Å². The van der Waals surface area contributed by atoms with E-state index in [2.05, 4.69) is 20.6 Å². The lowest BCUT2D eigenvalue weighted by Gasteiger charge is -2.06. The number of carbonyl (C=O) groups is 1. The van der Waals surface area contributed by atoms with Crippen molar-refractivity contribution in [2.24, 2.45) is 4.99 Å². The Hall–Kier alpha value is -1.91. The van der Waals surface area contributed by atoms with E-state index in [1.165, 1.54) is 0 Å². The highest BCUT2D eigenvalue weighted by atomic mass is 16.2. The highest BCUT2D eigenvalue weighted by molar-refractivity contribution is 6.42. The molecule has 1 aliphatic heterocycles. The molecule has 5 nitrogen and oxygen atoms in total. The number of carbonyl (C=O) groups excluding carboxylic acids is 1. The minimum Gasteiger partial charge on any atom is -0.364 e. The molecule has 2 heterocycles. The molecule has 0 saturated heterocycles. The Balaban J connectivity index is 2.09. The fourth-order valence-electron chi connectivity index (χ4n) is 1.33. The van der Waals surface area contributed by atoms with Gasteiger partial charge in [-0.1, -0.05) is 6.07 Å². The van der Waals surface area contributed by atoms with Gasteiger partial charge in [-0.2, -0.15) is 0 Å². The van der Waals surface area contributed by atoms with Gasteiger partial charge in [-0.15, -0.1) is 0 Å². The number of rotatable bonds is 2. The molecule has 0 fully saturated rings. The molecule has 0 spiro atoms. The van der Waals surface area contributed by atoms with Gasteiger partial charge >= 0.3 is 0 Å². The smallest absolute Gasteiger partial charge is 0.291 e. The van der Waals surface area contributed by atoms with Crippen LogP contribution < -0.4 is 10.6 Å². The van der Waals surface area contributed by atoms with Gasteiger partial charge in [0.25, 0.3) is 5.91 Å². The van der Waals surface area contributed by atoms with Crippen LogP contribution in [0, 0.1) is 6.92 Å². The van der Waals surface area contributed by atoms with Crippen molar-refractivity contribution in [1.29, 1.82) is 0 Å². The molecular formula is C10H12N4O. The van der Waals surface area contributed by atoms with Crippen LogP contribution in [0.25, 0.3) is 0 Å². The van der Waals surface area contributed by atoms with Crippen molar-refractivity contribution < 1.29 is 4.79 Å². The predicted molar refractivity (Wildman–Crippen MR) is 57.9 cm³/mol. The summed E-state index contributed by atoms with van der Waals surface area (Å²) >= 11 is 0. The molecule has 2 rings (SSSR count). The van der Waals surface area contributed by atoms with Gasteiger partial charge in [0.1, 0.15) is 5.82 Å². The minimum atomic E-state index is -0.227. The zero-order valence-electron chi connectivity index (χ0n) is 8.45. The molecule has 1 aromatic heterocycles. The summed E-state index contributed by atoms with van der Waals surface area (Å²) in [6, 6.07) is 3.73. The highest BCUT2D eigenvalue weighted by Crippen LogP contribution is 2.08. The van der Waals surface area contributed by atoms with Gasteiger partial charge in [-0.25, -0.2) is 4.98 Å². The first-order valence-electron chi connectivity index (χ1n) is 4.78. The van der Waals surface area contributed by atoms with Crippen molar-refractivity contribution in [2.45, 2.75) is 6.92 Å². The van der Waals surface area contributed by atoms with Gasteiger partial charge in [0.05, 0.1) is 6.54 Å². The number of aliphatic imine (C=N–C) groups is 1. The standard InChI is InChI=1S/C10H12N4O/c1-7-3-2-4-11-8(7)14-10(15)9-12-5-6-13-9/h2-4H,5-6H2,1H3,(H,12,13)(H,11,14,15). The topological polar surface area (TPSA) is 66.4 Å². The molecule has 1 aliphatic rings. The Labute approximate surface area is 87.6 Å². The Morgan fingerprint density at radius 1 is 1.60 bits per heavy atom. The number of hydrogen-bond donors (Lipinski definition) is 2. The third-order valence-corrected chi connectivity index (χ3v) is 2.13. The Bertz CT molecular complexity index is 414. The van der Waals surface area contributed by atoms with Gasteiger partial charge < -0.3 is 10.6 Å². The summed E-state index contributed by atoms with van der Waals surface area (Å²) in [7, 11) is 0. The van der Waals surface area contributed by atoms with Crippen LogP contribution in [0.1, 0.15) is 5.56 Å². The van der Waals surface area contributed by atoms with E-state index in [0.29, 0.717) is 18.2 Å². The van der Waals surface area contributed by atoms with Crippen molar-refractivity contribution >= 4 is 17.6 Å². The molecule has 0 aliphatic carbocycles. The number of nitrogens with one attached hydrogen (secondary N) is 2. The first kappa shape index (κ1) is 9.64. The van der Waals surface area contributed by atoms with Gasteiger partial charge in [0.15, 0.2) is 5.84 Å². The van der Waals surface area contributed by atoms with Gasteiger partial charge in [0.2, 0.25) is 0 Å². The average Bonchev–Trinajstić information content (AvgIpc) is 2.74. The first-order valence-corrected chi connectivity index (χ1v) is 4.78. The van der Waals surface area contributed by atoms with E-state index in [1.54, 1.807) is 6.20 Å². The van der Waals surface area contributed by atoms with Gasteiger partial charge in [-0.3, -0.25) is 9.79 Å². The van der Waals surface area contributed by atoms with E-state index >= 15 is 0 Å². The van der Waals surface area contributed by atoms with Crippen molar-refractivity contribution in [1.82, 2.24) is 10.3 Å². The quantitative estimate of drug-likeness (QED) is 0.729. The van der Waals surface area contributed by atoms with E-state index in [1.807, 2.05) is 19.1 Å². The zero-order valence-corrected chi connectivity index (χ0v) is 8.45. The van der Waals surface area contributed by atoms with E-state index in [9.17, 15) is 4.79 Å². The summed E-state index contributed by atoms with van der Waals surface area (Å²) in [6.45, 7) is 3.28. The monoisotopic (exact) mass is 204 g/mol. The molecule has 5 heteroatoms. The van der Waals surface area contributed by atoms with E-state index in [4.69, 9.17) is 0 Å². The molecule has 0 saturated carbocycles. The van der Waals surface area contributed by atoms with Crippen LogP contribution in [0.5, 0.6) is 0 Å². The maximum atomic E-state index is 11.6. The summed E-state index contributed by atoms with van der Waals surface area (Å²) in [6.07, 6.45) is 1.65. The maximum Gasteiger partial charge on any atom is 0.291 e. The predicted octanol–water partition coefficient (Wildman–Crippen LogP) is 0.330. The van der Waals surface area contributed by atoms with Crippen LogP contribution in [0.2, 0.25) is 0 Å². The van der Waals surface area contributed by atoms with Crippen molar-refractivity contribution in [3.8, 4) is 0 Å². The van der Waals surface area contributed by atoms with E-state index in [-0.39, 0.29) is 5.91 Å². The second-order valence-electron chi connectivity index (χ2n) is 3.28. The van der Waals surface area contributed by atoms with Crippen LogP contribution >= 0.6 is 0 Å². The normalized spacial score (nSPS) is 14.3. The Morgan fingerprint density at radius 2 is 2.47 bits per heavy atom. The zero-order chi connectivity index (χ0) is 10.7. The lowest BCUT2D eigenvalue weighted by Crippen LogP contribution is -2.32. The molecule has 78 valence electrons. The van der Waals surface area contributed by atoms with Gasteiger partial charge in [0, 0.05) is 12.7 Å². The van der Waals surface area contributed by atoms with Crippen LogP contribution in [0.3, 0.4) is 0 Å². The first-order chi connectivity index (χ1) is 7.27. The Kier molecular flexibility index (Phi) is 2.62. The second kappa shape index (κ2) is 4.08. The SMILES string of the molecule is Cc1cccnc1NC(=O)C1=NCCN1. The molecule has 0 atom stereocenters. The summed E-state index contributed by atoms with van der Waals surface area (Å²) in [5, 5.41) is 5.62. The van der Waals surface area contributed by atoms with Crippen LogP contribution in [-0.2, 0) is 4.79 Å². The third-order valence-electron chi connectivity index (χ3n) is 2.13. The molecular weight excluding hydrogens is 192 g/mol. The van der Waals surface area contributed by atoms with Crippen molar-refractivity contribution in [3.63, 3.8) is 0 Å². The average molecular weight is 204 g/mol. The number of aryl methyl sites for hydroxylation is 1. The highest BCUT2D eigenvalue weighted by Gasteiger charge is 2.15. The molecule has 0 radical (unpaired) electrons. The number of anilines is 1. The summed E-state index contributed by atoms with van der Waals surface area (Å²) in [4.78, 5) is 19.7. The molecule has 0 bridgehead atoms. The molecule has 1 aromatic rings. The summed E-state index contributed by atoms with van der Waals surface area (Å²) in [5.74, 6) is 0.744. The van der Waals surface area contributed by atoms with Crippen LogP contribution in [0.15, 0.2) is 23.3 Å². The van der Waals surface area contributed by atoms with Crippen LogP contribution in [0.4, 0.5) is 5.82 Å². The van der Waals surface area contributed by atoms with Crippen LogP contribution in [-0.4, -0.2) is 29.8 Å². The fourth-order valence-corrected chi connectivity index (χ4v) is 1.33. The number of hydrogen-bond acceptors (Lipinski definition) is 4. The number of aromatic nitrogens is 1. The third kappa shape index (κ3) is 2.12. The van der Waals surface area contributed by atoms with E-state index in [0.717, 1.165) is 12.1 Å². The molecule has 2 N–H and O–H groups in total. The summed E-state index contributed by atoms with van der Waals surface area (Å²) in [5.41, 5.74) is 0.935. The fraction of sp³-hybridized carbons (Fsp3) is 0.300. The number of amides is 1. The van der Waals surface area contributed by atoms with Crippen molar-refractivity contribution in [2.75, 3.05) is 18.4 Å². The lowest BCUT2D eigenvalue weighted by atomic mass is 10.3. The Morgan fingerprint density at radius 3 is 3.13 bits per heavy atom. The largest absolute Gasteiger partial charge is 0.364 e. The number of nitrogens with zero attached hydrogens (tertiary/aromatic N) is 2. The molecule has 1 amide bonds. The summed E-state index contributed by atoms with van der Waals surface area (Å²) < 4.78 is 0. The second-order valence-corrected chi connectivity index (χ2v) is 3.28. The lowest BCUT2D eigenvalue weighted by molar-refractivity contribution is -0.110. The van der Waals surface area contributed by atoms with Gasteiger partial charge in [-0.05, 0) is 18.6 Å². The van der Waals surface area contributed by atoms with Crippen molar-refractivity contribution in [3.05, 3.63) is 23.9 Å². The molecule has 15 heavy (non-hydrogen) atoms.